The van der Waals surface area contributed by atoms with Gasteiger partial charge in [0.1, 0.15) is 5.75 Å². The minimum absolute atomic E-state index is 0.0800. The number of carbonyl (C=O) groups is 1. The summed E-state index contributed by atoms with van der Waals surface area (Å²) in [6, 6.07) is 15.9. The fraction of sp³-hybridized carbons (Fsp3) is 0.316. The quantitative estimate of drug-likeness (QED) is 0.881. The summed E-state index contributed by atoms with van der Waals surface area (Å²) < 4.78 is 5.78. The van der Waals surface area contributed by atoms with E-state index in [1.807, 2.05) is 69.3 Å². The molecule has 22 heavy (non-hydrogen) atoms. The zero-order valence-electron chi connectivity index (χ0n) is 13.4. The van der Waals surface area contributed by atoms with Gasteiger partial charge in [-0.3, -0.25) is 4.79 Å². The summed E-state index contributed by atoms with van der Waals surface area (Å²) in [5, 5.41) is 2.94. The third kappa shape index (κ3) is 4.62. The zero-order valence-corrected chi connectivity index (χ0v) is 13.4. The van der Waals surface area contributed by atoms with Crippen molar-refractivity contribution >= 4 is 5.91 Å². The summed E-state index contributed by atoms with van der Waals surface area (Å²) in [6.07, 6.45) is 0.168. The molecule has 0 unspecified atom stereocenters. The standard InChI is InChI=1S/C19H23NO2/c1-4-18(22-17-11-7-15(3)8-12-17)19(21)20-13-16-9-5-14(2)6-10-16/h5-12,18H,4,13H2,1-3H3,(H,20,21)/t18-/m1/s1. The molecular weight excluding hydrogens is 274 g/mol. The van der Waals surface area contributed by atoms with E-state index in [1.54, 1.807) is 0 Å². The molecular formula is C19H23NO2. The third-order valence-corrected chi connectivity index (χ3v) is 3.55. The van der Waals surface area contributed by atoms with Crippen molar-refractivity contribution in [2.45, 2.75) is 39.8 Å². The van der Waals surface area contributed by atoms with Gasteiger partial charge in [-0.25, -0.2) is 0 Å². The summed E-state index contributed by atoms with van der Waals surface area (Å²) in [4.78, 5) is 12.2. The number of hydrogen-bond acceptors (Lipinski definition) is 2. The number of rotatable bonds is 6. The molecule has 1 atom stereocenters. The summed E-state index contributed by atoms with van der Waals surface area (Å²) in [5.74, 6) is 0.645. The van der Waals surface area contributed by atoms with Crippen LogP contribution in [0.3, 0.4) is 0 Å². The molecule has 0 heterocycles. The first-order chi connectivity index (χ1) is 10.6. The highest BCUT2D eigenvalue weighted by Crippen LogP contribution is 2.14. The van der Waals surface area contributed by atoms with E-state index < -0.39 is 6.10 Å². The number of hydrogen-bond donors (Lipinski definition) is 1. The van der Waals surface area contributed by atoms with Crippen LogP contribution in [0.15, 0.2) is 48.5 Å². The van der Waals surface area contributed by atoms with Gasteiger partial charge < -0.3 is 10.1 Å². The van der Waals surface area contributed by atoms with E-state index in [0.29, 0.717) is 13.0 Å². The molecule has 2 aromatic carbocycles. The Kier molecular flexibility index (Phi) is 5.59. The van der Waals surface area contributed by atoms with Crippen LogP contribution in [0.4, 0.5) is 0 Å². The van der Waals surface area contributed by atoms with E-state index in [4.69, 9.17) is 4.74 Å². The van der Waals surface area contributed by atoms with Crippen LogP contribution in [0.1, 0.15) is 30.0 Å². The summed E-state index contributed by atoms with van der Waals surface area (Å²) in [6.45, 7) is 6.54. The maximum atomic E-state index is 12.2. The van der Waals surface area contributed by atoms with Crippen LogP contribution in [0.2, 0.25) is 0 Å². The van der Waals surface area contributed by atoms with E-state index in [0.717, 1.165) is 11.3 Å². The van der Waals surface area contributed by atoms with Gasteiger partial charge in [0.2, 0.25) is 0 Å². The highest BCUT2D eigenvalue weighted by atomic mass is 16.5. The molecule has 1 amide bonds. The molecule has 0 aromatic heterocycles. The molecule has 0 fully saturated rings. The Balaban J connectivity index is 1.91. The number of ether oxygens (including phenoxy) is 1. The Labute approximate surface area is 132 Å². The van der Waals surface area contributed by atoms with Crippen molar-refractivity contribution < 1.29 is 9.53 Å². The first-order valence-corrected chi connectivity index (χ1v) is 7.65. The second-order valence-corrected chi connectivity index (χ2v) is 5.53. The predicted octanol–water partition coefficient (Wildman–Crippen LogP) is 3.78. The topological polar surface area (TPSA) is 38.3 Å². The molecule has 0 spiro atoms. The van der Waals surface area contributed by atoms with Crippen molar-refractivity contribution in [1.82, 2.24) is 5.32 Å². The van der Waals surface area contributed by atoms with Crippen molar-refractivity contribution in [3.05, 3.63) is 65.2 Å². The highest BCUT2D eigenvalue weighted by Gasteiger charge is 2.17. The van der Waals surface area contributed by atoms with E-state index in [2.05, 4.69) is 5.32 Å². The Morgan fingerprint density at radius 1 is 1.00 bits per heavy atom. The van der Waals surface area contributed by atoms with Crippen molar-refractivity contribution in [1.29, 1.82) is 0 Å². The van der Waals surface area contributed by atoms with Gasteiger partial charge in [0.05, 0.1) is 0 Å². The second kappa shape index (κ2) is 7.64. The van der Waals surface area contributed by atoms with Gasteiger partial charge >= 0.3 is 0 Å². The van der Waals surface area contributed by atoms with E-state index in [9.17, 15) is 4.79 Å². The Hall–Kier alpha value is -2.29. The lowest BCUT2D eigenvalue weighted by Crippen LogP contribution is -2.37. The zero-order chi connectivity index (χ0) is 15.9. The number of nitrogens with one attached hydrogen (secondary N) is 1. The lowest BCUT2D eigenvalue weighted by Gasteiger charge is -2.17. The molecule has 0 aliphatic heterocycles. The minimum Gasteiger partial charge on any atom is -0.481 e. The molecule has 1 N–H and O–H groups in total. The van der Waals surface area contributed by atoms with Gasteiger partial charge in [0.15, 0.2) is 6.10 Å². The molecule has 0 aliphatic rings. The number of amides is 1. The normalized spacial score (nSPS) is 11.8. The van der Waals surface area contributed by atoms with Gasteiger partial charge in [-0.1, -0.05) is 54.4 Å². The monoisotopic (exact) mass is 297 g/mol. The molecule has 0 radical (unpaired) electrons. The van der Waals surface area contributed by atoms with Crippen molar-refractivity contribution in [3.8, 4) is 5.75 Å². The molecule has 3 heteroatoms. The number of benzene rings is 2. The fourth-order valence-electron chi connectivity index (χ4n) is 2.11. The lowest BCUT2D eigenvalue weighted by molar-refractivity contribution is -0.128. The van der Waals surface area contributed by atoms with Crippen molar-refractivity contribution in [2.75, 3.05) is 0 Å². The third-order valence-electron chi connectivity index (χ3n) is 3.55. The van der Waals surface area contributed by atoms with Crippen LogP contribution in [-0.2, 0) is 11.3 Å². The summed E-state index contributed by atoms with van der Waals surface area (Å²) in [5.41, 5.74) is 3.47. The largest absolute Gasteiger partial charge is 0.481 e. The van der Waals surface area contributed by atoms with Crippen LogP contribution < -0.4 is 10.1 Å². The van der Waals surface area contributed by atoms with Gasteiger partial charge in [0, 0.05) is 6.54 Å². The van der Waals surface area contributed by atoms with E-state index in [-0.39, 0.29) is 5.91 Å². The molecule has 0 saturated carbocycles. The Morgan fingerprint density at radius 3 is 2.09 bits per heavy atom. The van der Waals surface area contributed by atoms with Crippen LogP contribution in [0.25, 0.3) is 0 Å². The second-order valence-electron chi connectivity index (χ2n) is 5.53. The predicted molar refractivity (Wildman–Crippen MR) is 88.9 cm³/mol. The number of aryl methyl sites for hydroxylation is 2. The average Bonchev–Trinajstić information content (AvgIpc) is 2.53. The molecule has 0 bridgehead atoms. The summed E-state index contributed by atoms with van der Waals surface area (Å²) in [7, 11) is 0. The van der Waals surface area contributed by atoms with Crippen molar-refractivity contribution in [3.63, 3.8) is 0 Å². The Morgan fingerprint density at radius 2 is 1.55 bits per heavy atom. The fourth-order valence-corrected chi connectivity index (χ4v) is 2.11. The average molecular weight is 297 g/mol. The highest BCUT2D eigenvalue weighted by molar-refractivity contribution is 5.81. The minimum atomic E-state index is -0.465. The summed E-state index contributed by atoms with van der Waals surface area (Å²) >= 11 is 0. The van der Waals surface area contributed by atoms with Crippen LogP contribution in [0.5, 0.6) is 5.75 Å². The molecule has 2 aromatic rings. The first-order valence-electron chi connectivity index (χ1n) is 7.65. The Bertz CT molecular complexity index is 602. The SMILES string of the molecule is CC[C@@H](Oc1ccc(C)cc1)C(=O)NCc1ccc(C)cc1. The molecule has 0 aliphatic carbocycles. The van der Waals surface area contributed by atoms with Gasteiger partial charge in [-0.05, 0) is 38.0 Å². The van der Waals surface area contributed by atoms with Crippen molar-refractivity contribution in [2.24, 2.45) is 0 Å². The molecule has 3 nitrogen and oxygen atoms in total. The lowest BCUT2D eigenvalue weighted by atomic mass is 10.1. The molecule has 116 valence electrons. The smallest absolute Gasteiger partial charge is 0.261 e. The maximum absolute atomic E-state index is 12.2. The van der Waals surface area contributed by atoms with Gasteiger partial charge in [-0.2, -0.15) is 0 Å². The van der Waals surface area contributed by atoms with Gasteiger partial charge in [0.25, 0.3) is 5.91 Å². The maximum Gasteiger partial charge on any atom is 0.261 e. The van der Waals surface area contributed by atoms with Gasteiger partial charge in [-0.15, -0.1) is 0 Å². The molecule has 2 rings (SSSR count). The number of carbonyl (C=O) groups excluding carboxylic acids is 1. The molecule has 0 saturated heterocycles. The van der Waals surface area contributed by atoms with Crippen LogP contribution >= 0.6 is 0 Å². The van der Waals surface area contributed by atoms with E-state index >= 15 is 0 Å². The van der Waals surface area contributed by atoms with Crippen LogP contribution in [-0.4, -0.2) is 12.0 Å². The first kappa shape index (κ1) is 16.1. The van der Waals surface area contributed by atoms with Crippen LogP contribution in [0, 0.1) is 13.8 Å². The van der Waals surface area contributed by atoms with E-state index in [1.165, 1.54) is 11.1 Å².